The lowest BCUT2D eigenvalue weighted by Crippen LogP contribution is -2.51. The van der Waals surface area contributed by atoms with Gasteiger partial charge >= 0.3 is 12.0 Å². The number of imide groups is 1. The molecule has 1 aliphatic rings. The maximum atomic E-state index is 12.1. The number of halogens is 1. The second-order valence-electron chi connectivity index (χ2n) is 5.73. The van der Waals surface area contributed by atoms with Crippen LogP contribution in [-0.2, 0) is 14.3 Å². The first kappa shape index (κ1) is 17.3. The van der Waals surface area contributed by atoms with E-state index in [1.807, 2.05) is 26.0 Å². The molecule has 0 saturated carbocycles. The smallest absolute Gasteiger partial charge is 0.326 e. The Morgan fingerprint density at radius 1 is 1.30 bits per heavy atom. The summed E-state index contributed by atoms with van der Waals surface area (Å²) in [6, 6.07) is 6.54. The summed E-state index contributed by atoms with van der Waals surface area (Å²) in [6.45, 7) is 3.92. The summed E-state index contributed by atoms with van der Waals surface area (Å²) in [7, 11) is 0. The lowest BCUT2D eigenvalue weighted by Gasteiger charge is -2.27. The van der Waals surface area contributed by atoms with E-state index in [9.17, 15) is 14.4 Å². The number of amides is 3. The molecule has 124 valence electrons. The van der Waals surface area contributed by atoms with Crippen LogP contribution in [0.4, 0.5) is 4.79 Å². The highest BCUT2D eigenvalue weighted by Crippen LogP contribution is 2.27. The van der Waals surface area contributed by atoms with Crippen molar-refractivity contribution in [1.82, 2.24) is 10.2 Å². The van der Waals surface area contributed by atoms with Crippen molar-refractivity contribution < 1.29 is 19.1 Å². The van der Waals surface area contributed by atoms with Crippen molar-refractivity contribution >= 4 is 29.5 Å². The average Bonchev–Trinajstić information content (AvgIpc) is 2.48. The predicted octanol–water partition coefficient (Wildman–Crippen LogP) is 2.52. The van der Waals surface area contributed by atoms with E-state index in [1.165, 1.54) is 4.90 Å². The van der Waals surface area contributed by atoms with Gasteiger partial charge in [-0.25, -0.2) is 4.79 Å². The SMILES string of the molecule is CC(C)[C@@H](OC(=O)CN1CCC(=O)NC1=O)c1ccc(Cl)cc1. The van der Waals surface area contributed by atoms with Crippen LogP contribution in [0.5, 0.6) is 0 Å². The molecule has 6 nitrogen and oxygen atoms in total. The van der Waals surface area contributed by atoms with Gasteiger partial charge in [-0.3, -0.25) is 14.9 Å². The number of esters is 1. The van der Waals surface area contributed by atoms with Crippen LogP contribution in [0.3, 0.4) is 0 Å². The topological polar surface area (TPSA) is 75.7 Å². The van der Waals surface area contributed by atoms with Crippen LogP contribution in [0.2, 0.25) is 5.02 Å². The molecule has 1 atom stereocenters. The fourth-order valence-electron chi connectivity index (χ4n) is 2.33. The molecule has 0 radical (unpaired) electrons. The predicted molar refractivity (Wildman–Crippen MR) is 84.9 cm³/mol. The van der Waals surface area contributed by atoms with Crippen molar-refractivity contribution in [2.24, 2.45) is 5.92 Å². The largest absolute Gasteiger partial charge is 0.456 e. The Morgan fingerprint density at radius 3 is 2.52 bits per heavy atom. The zero-order chi connectivity index (χ0) is 17.0. The molecule has 1 fully saturated rings. The molecule has 1 saturated heterocycles. The maximum absolute atomic E-state index is 12.1. The van der Waals surface area contributed by atoms with E-state index in [0.29, 0.717) is 5.02 Å². The van der Waals surface area contributed by atoms with Crippen LogP contribution < -0.4 is 5.32 Å². The van der Waals surface area contributed by atoms with Gasteiger partial charge in [0.05, 0.1) is 0 Å². The summed E-state index contributed by atoms with van der Waals surface area (Å²) in [4.78, 5) is 36.1. The minimum atomic E-state index is -0.564. The summed E-state index contributed by atoms with van der Waals surface area (Å²) < 4.78 is 5.53. The first-order chi connectivity index (χ1) is 10.9. The third-order valence-electron chi connectivity index (χ3n) is 3.52. The molecular formula is C16H19ClN2O4. The van der Waals surface area contributed by atoms with E-state index in [4.69, 9.17) is 16.3 Å². The zero-order valence-corrected chi connectivity index (χ0v) is 13.8. The number of benzene rings is 1. The number of nitrogens with one attached hydrogen (secondary N) is 1. The lowest BCUT2D eigenvalue weighted by atomic mass is 9.99. The van der Waals surface area contributed by atoms with Crippen molar-refractivity contribution in [3.8, 4) is 0 Å². The number of hydrogen-bond acceptors (Lipinski definition) is 4. The molecular weight excluding hydrogens is 320 g/mol. The van der Waals surface area contributed by atoms with Crippen molar-refractivity contribution in [1.29, 1.82) is 0 Å². The van der Waals surface area contributed by atoms with Crippen LogP contribution >= 0.6 is 11.6 Å². The number of rotatable bonds is 5. The van der Waals surface area contributed by atoms with Gasteiger partial charge in [0, 0.05) is 18.0 Å². The van der Waals surface area contributed by atoms with Gasteiger partial charge in [0.15, 0.2) is 0 Å². The fourth-order valence-corrected chi connectivity index (χ4v) is 2.45. The van der Waals surface area contributed by atoms with Crippen LogP contribution in [0.25, 0.3) is 0 Å². The summed E-state index contributed by atoms with van der Waals surface area (Å²) in [5.74, 6) is -0.777. The maximum Gasteiger partial charge on any atom is 0.326 e. The summed E-state index contributed by atoms with van der Waals surface area (Å²) >= 11 is 5.87. The van der Waals surface area contributed by atoms with Gasteiger partial charge in [0.25, 0.3) is 0 Å². The molecule has 0 aliphatic carbocycles. The number of ether oxygens (including phenoxy) is 1. The van der Waals surface area contributed by atoms with Gasteiger partial charge in [0.1, 0.15) is 12.6 Å². The van der Waals surface area contributed by atoms with Gasteiger partial charge in [-0.2, -0.15) is 0 Å². The van der Waals surface area contributed by atoms with E-state index < -0.39 is 18.1 Å². The summed E-state index contributed by atoms with van der Waals surface area (Å²) in [6.07, 6.45) is -0.238. The minimum Gasteiger partial charge on any atom is -0.456 e. The van der Waals surface area contributed by atoms with Crippen LogP contribution in [0.15, 0.2) is 24.3 Å². The Kier molecular flexibility index (Phi) is 5.60. The molecule has 1 aliphatic heterocycles. The standard InChI is InChI=1S/C16H19ClN2O4/c1-10(2)15(11-3-5-12(17)6-4-11)23-14(21)9-19-8-7-13(20)18-16(19)22/h3-6,10,15H,7-9H2,1-2H3,(H,18,20,22)/t15-/m1/s1. The average molecular weight is 339 g/mol. The Bertz CT molecular complexity index is 601. The molecule has 23 heavy (non-hydrogen) atoms. The molecule has 0 aromatic heterocycles. The molecule has 0 bridgehead atoms. The lowest BCUT2D eigenvalue weighted by molar-refractivity contribution is -0.153. The number of urea groups is 1. The van der Waals surface area contributed by atoms with E-state index >= 15 is 0 Å². The quantitative estimate of drug-likeness (QED) is 0.837. The molecule has 2 rings (SSSR count). The van der Waals surface area contributed by atoms with E-state index in [0.717, 1.165) is 5.56 Å². The summed E-state index contributed by atoms with van der Waals surface area (Å²) in [5.41, 5.74) is 0.844. The highest BCUT2D eigenvalue weighted by Gasteiger charge is 2.27. The monoisotopic (exact) mass is 338 g/mol. The Morgan fingerprint density at radius 2 is 1.96 bits per heavy atom. The first-order valence-corrected chi connectivity index (χ1v) is 7.78. The number of nitrogens with zero attached hydrogens (tertiary/aromatic N) is 1. The highest BCUT2D eigenvalue weighted by molar-refractivity contribution is 6.30. The number of carbonyl (C=O) groups is 3. The molecule has 1 aromatic carbocycles. The molecule has 7 heteroatoms. The molecule has 1 N–H and O–H groups in total. The van der Waals surface area contributed by atoms with Gasteiger partial charge in [-0.15, -0.1) is 0 Å². The van der Waals surface area contributed by atoms with Gasteiger partial charge < -0.3 is 9.64 Å². The van der Waals surface area contributed by atoms with Gasteiger partial charge in [-0.1, -0.05) is 37.6 Å². The fraction of sp³-hybridized carbons (Fsp3) is 0.438. The third-order valence-corrected chi connectivity index (χ3v) is 3.78. The third kappa shape index (κ3) is 4.69. The Hall–Kier alpha value is -2.08. The normalized spacial score (nSPS) is 16.3. The molecule has 1 aromatic rings. The van der Waals surface area contributed by atoms with Crippen LogP contribution in [0, 0.1) is 5.92 Å². The highest BCUT2D eigenvalue weighted by atomic mass is 35.5. The number of carbonyl (C=O) groups excluding carboxylic acids is 3. The van der Waals surface area contributed by atoms with E-state index in [1.54, 1.807) is 12.1 Å². The van der Waals surface area contributed by atoms with Crippen molar-refractivity contribution in [2.75, 3.05) is 13.1 Å². The number of hydrogen-bond donors (Lipinski definition) is 1. The minimum absolute atomic E-state index is 0.0666. The van der Waals surface area contributed by atoms with Gasteiger partial charge in [0.2, 0.25) is 5.91 Å². The molecule has 0 spiro atoms. The zero-order valence-electron chi connectivity index (χ0n) is 13.0. The van der Waals surface area contributed by atoms with Crippen LogP contribution in [0.1, 0.15) is 31.9 Å². The molecule has 3 amide bonds. The first-order valence-electron chi connectivity index (χ1n) is 7.40. The Balaban J connectivity index is 1.99. The van der Waals surface area contributed by atoms with Crippen molar-refractivity contribution in [3.63, 3.8) is 0 Å². The van der Waals surface area contributed by atoms with Crippen molar-refractivity contribution in [2.45, 2.75) is 26.4 Å². The second-order valence-corrected chi connectivity index (χ2v) is 6.17. The molecule has 0 unspecified atom stereocenters. The second kappa shape index (κ2) is 7.46. The summed E-state index contributed by atoms with van der Waals surface area (Å²) in [5, 5.41) is 2.78. The van der Waals surface area contributed by atoms with E-state index in [2.05, 4.69) is 5.32 Å². The van der Waals surface area contributed by atoms with Crippen LogP contribution in [-0.4, -0.2) is 35.9 Å². The van der Waals surface area contributed by atoms with Gasteiger partial charge in [-0.05, 0) is 23.6 Å². The Labute approximate surface area is 139 Å². The van der Waals surface area contributed by atoms with Crippen molar-refractivity contribution in [3.05, 3.63) is 34.9 Å². The molecule has 1 heterocycles. The van der Waals surface area contributed by atoms with E-state index in [-0.39, 0.29) is 31.3 Å².